The molecule has 3 aromatic carbocycles. The summed E-state index contributed by atoms with van der Waals surface area (Å²) in [5.41, 5.74) is 3.90. The van der Waals surface area contributed by atoms with Crippen LogP contribution in [0.2, 0.25) is 0 Å². The van der Waals surface area contributed by atoms with E-state index in [2.05, 4.69) is 5.32 Å². The Bertz CT molecular complexity index is 1270. The number of benzene rings is 3. The summed E-state index contributed by atoms with van der Waals surface area (Å²) in [6, 6.07) is 19.3. The Kier molecular flexibility index (Phi) is 5.71. The lowest BCUT2D eigenvalue weighted by Gasteiger charge is -2.15. The molecule has 1 amide bonds. The van der Waals surface area contributed by atoms with Gasteiger partial charge < -0.3 is 9.84 Å². The molecule has 0 bridgehead atoms. The zero-order valence-corrected chi connectivity index (χ0v) is 18.1. The maximum atomic E-state index is 12.5. The van der Waals surface area contributed by atoms with Crippen molar-refractivity contribution in [1.82, 2.24) is 0 Å². The van der Waals surface area contributed by atoms with Crippen LogP contribution in [0.25, 0.3) is 11.1 Å². The molecule has 0 saturated heterocycles. The minimum Gasteiger partial charge on any atom is -0.478 e. The highest BCUT2D eigenvalue weighted by molar-refractivity contribution is 7.91. The second kappa shape index (κ2) is 8.47. The summed E-state index contributed by atoms with van der Waals surface area (Å²) < 4.78 is 29.8. The van der Waals surface area contributed by atoms with Crippen LogP contribution in [0.3, 0.4) is 0 Å². The number of carboxylic acids is 1. The summed E-state index contributed by atoms with van der Waals surface area (Å²) in [5.74, 6) is -1.60. The Labute approximate surface area is 185 Å². The number of carbonyl (C=O) groups is 2. The molecule has 0 aliphatic heterocycles. The van der Waals surface area contributed by atoms with E-state index in [4.69, 9.17) is 4.74 Å². The highest BCUT2D eigenvalue weighted by atomic mass is 32.2. The van der Waals surface area contributed by atoms with Crippen LogP contribution in [0, 0.1) is 0 Å². The lowest BCUT2D eigenvalue weighted by molar-refractivity contribution is 0.0698. The molecule has 1 aliphatic rings. The molecule has 32 heavy (non-hydrogen) atoms. The molecule has 0 atom stereocenters. The lowest BCUT2D eigenvalue weighted by Crippen LogP contribution is -2.19. The van der Waals surface area contributed by atoms with Gasteiger partial charge in [0.1, 0.15) is 6.61 Å². The quantitative estimate of drug-likeness (QED) is 0.569. The molecule has 1 aliphatic carbocycles. The second-order valence-electron chi connectivity index (χ2n) is 7.37. The average molecular weight is 452 g/mol. The summed E-state index contributed by atoms with van der Waals surface area (Å²) in [7, 11) is -3.58. The molecule has 0 heterocycles. The van der Waals surface area contributed by atoms with Gasteiger partial charge in [0, 0.05) is 5.92 Å². The zero-order chi connectivity index (χ0) is 22.9. The van der Waals surface area contributed by atoms with Crippen molar-refractivity contribution in [3.8, 4) is 11.1 Å². The molecule has 8 heteroatoms. The van der Waals surface area contributed by atoms with Crippen molar-refractivity contribution in [2.24, 2.45) is 0 Å². The zero-order valence-electron chi connectivity index (χ0n) is 17.2. The molecule has 0 spiro atoms. The van der Waals surface area contributed by atoms with Crippen LogP contribution >= 0.6 is 0 Å². The number of amides is 1. The van der Waals surface area contributed by atoms with Crippen molar-refractivity contribution in [2.75, 3.05) is 17.7 Å². The number of anilines is 1. The fraction of sp³-hybridized carbons (Fsp3) is 0.167. The fourth-order valence-electron chi connectivity index (χ4n) is 3.92. The minimum atomic E-state index is -3.58. The maximum Gasteiger partial charge on any atom is 0.411 e. The summed E-state index contributed by atoms with van der Waals surface area (Å²) in [6.07, 6.45) is -0.861. The Balaban J connectivity index is 1.55. The number of ether oxygens (including phenoxy) is 1. The molecule has 3 aromatic rings. The molecule has 0 radical (unpaired) electrons. The number of rotatable bonds is 6. The van der Waals surface area contributed by atoms with Crippen molar-refractivity contribution < 1.29 is 27.9 Å². The number of hydrogen-bond donors (Lipinski definition) is 2. The van der Waals surface area contributed by atoms with E-state index in [9.17, 15) is 23.1 Å². The van der Waals surface area contributed by atoms with E-state index < -0.39 is 21.9 Å². The Morgan fingerprint density at radius 3 is 2.12 bits per heavy atom. The Morgan fingerprint density at radius 1 is 0.969 bits per heavy atom. The van der Waals surface area contributed by atoms with Gasteiger partial charge in [-0.25, -0.2) is 18.0 Å². The van der Waals surface area contributed by atoms with Gasteiger partial charge in [-0.15, -0.1) is 0 Å². The minimum absolute atomic E-state index is 0.0508. The first-order chi connectivity index (χ1) is 15.3. The normalized spacial score (nSPS) is 12.7. The number of carboxylic acid groups (broad SMARTS) is 1. The van der Waals surface area contributed by atoms with Crippen LogP contribution in [0.5, 0.6) is 0 Å². The van der Waals surface area contributed by atoms with E-state index in [0.717, 1.165) is 34.4 Å². The predicted octanol–water partition coefficient (Wildman–Crippen LogP) is 4.54. The van der Waals surface area contributed by atoms with Gasteiger partial charge in [-0.1, -0.05) is 55.5 Å². The molecule has 4 rings (SSSR count). The van der Waals surface area contributed by atoms with Crippen LogP contribution < -0.4 is 5.32 Å². The number of carbonyl (C=O) groups excluding carboxylic acids is 1. The Morgan fingerprint density at radius 2 is 1.56 bits per heavy atom. The van der Waals surface area contributed by atoms with Gasteiger partial charge >= 0.3 is 12.1 Å². The summed E-state index contributed by atoms with van der Waals surface area (Å²) in [4.78, 5) is 24.0. The van der Waals surface area contributed by atoms with E-state index in [1.54, 1.807) is 0 Å². The molecular formula is C24H21NO6S. The lowest BCUT2D eigenvalue weighted by atomic mass is 9.98. The largest absolute Gasteiger partial charge is 0.478 e. The molecule has 0 unspecified atom stereocenters. The maximum absolute atomic E-state index is 12.5. The van der Waals surface area contributed by atoms with E-state index in [-0.39, 0.29) is 34.4 Å². The number of nitrogens with one attached hydrogen (secondary N) is 1. The first-order valence-corrected chi connectivity index (χ1v) is 11.7. The number of hydrogen-bond acceptors (Lipinski definition) is 5. The third-order valence-electron chi connectivity index (χ3n) is 5.54. The van der Waals surface area contributed by atoms with Crippen LogP contribution in [-0.4, -0.2) is 37.9 Å². The van der Waals surface area contributed by atoms with Crippen LogP contribution in [0.4, 0.5) is 10.5 Å². The molecular weight excluding hydrogens is 430 g/mol. The summed E-state index contributed by atoms with van der Waals surface area (Å²) >= 11 is 0. The van der Waals surface area contributed by atoms with Gasteiger partial charge in [-0.2, -0.15) is 0 Å². The Hall–Kier alpha value is -3.65. The van der Waals surface area contributed by atoms with Crippen LogP contribution in [0.1, 0.15) is 34.3 Å². The van der Waals surface area contributed by atoms with E-state index in [0.29, 0.717) is 0 Å². The van der Waals surface area contributed by atoms with Gasteiger partial charge in [0.2, 0.25) is 0 Å². The average Bonchev–Trinajstić information content (AvgIpc) is 3.11. The van der Waals surface area contributed by atoms with Gasteiger partial charge in [-0.05, 0) is 40.5 Å². The predicted molar refractivity (Wildman–Crippen MR) is 120 cm³/mol. The second-order valence-corrected chi connectivity index (χ2v) is 9.64. The van der Waals surface area contributed by atoms with Crippen molar-refractivity contribution in [2.45, 2.75) is 17.7 Å². The highest BCUT2D eigenvalue weighted by Crippen LogP contribution is 2.44. The van der Waals surface area contributed by atoms with E-state index in [1.165, 1.54) is 13.0 Å². The highest BCUT2D eigenvalue weighted by Gasteiger charge is 2.29. The van der Waals surface area contributed by atoms with Crippen molar-refractivity contribution in [3.05, 3.63) is 83.4 Å². The van der Waals surface area contributed by atoms with Gasteiger partial charge in [-0.3, -0.25) is 5.32 Å². The summed E-state index contributed by atoms with van der Waals surface area (Å²) in [6.45, 7) is 1.54. The molecule has 164 valence electrons. The molecule has 7 nitrogen and oxygen atoms in total. The smallest absolute Gasteiger partial charge is 0.411 e. The number of aromatic carboxylic acids is 1. The topological polar surface area (TPSA) is 110 Å². The van der Waals surface area contributed by atoms with Crippen LogP contribution in [0.15, 0.2) is 71.6 Å². The molecule has 0 fully saturated rings. The van der Waals surface area contributed by atoms with Gasteiger partial charge in [0.15, 0.2) is 9.84 Å². The number of sulfone groups is 1. The van der Waals surface area contributed by atoms with Gasteiger partial charge in [0.05, 0.1) is 21.9 Å². The van der Waals surface area contributed by atoms with Crippen LogP contribution in [-0.2, 0) is 14.6 Å². The van der Waals surface area contributed by atoms with Crippen molar-refractivity contribution in [1.29, 1.82) is 0 Å². The monoisotopic (exact) mass is 451 g/mol. The third kappa shape index (κ3) is 3.97. The first-order valence-electron chi connectivity index (χ1n) is 10.0. The summed E-state index contributed by atoms with van der Waals surface area (Å²) in [5, 5.41) is 11.8. The number of fused-ring (bicyclic) bond motifs is 3. The fourth-order valence-corrected chi connectivity index (χ4v) is 4.82. The molecule has 0 aromatic heterocycles. The molecule has 2 N–H and O–H groups in total. The molecule has 0 saturated carbocycles. The third-order valence-corrected chi connectivity index (χ3v) is 7.27. The standard InChI is InChI=1S/C24H21NO6S/c1-2-32(29,30)15-11-12-20(23(26)27)22(13-15)25-24(28)31-14-21-18-9-5-3-7-16(18)17-8-4-6-10-19(17)21/h3-13,21H,2,14H2,1H3,(H,25,28)(H,26,27). The van der Waals surface area contributed by atoms with E-state index >= 15 is 0 Å². The van der Waals surface area contributed by atoms with Crippen molar-refractivity contribution >= 4 is 27.6 Å². The van der Waals surface area contributed by atoms with Gasteiger partial charge in [0.25, 0.3) is 0 Å². The first kappa shape index (κ1) is 21.6. The SMILES string of the molecule is CCS(=O)(=O)c1ccc(C(=O)O)c(NC(=O)OCC2c3ccccc3-c3ccccc32)c1. The van der Waals surface area contributed by atoms with E-state index in [1.807, 2.05) is 48.5 Å². The van der Waals surface area contributed by atoms with Crippen molar-refractivity contribution in [3.63, 3.8) is 0 Å².